The van der Waals surface area contributed by atoms with Crippen LogP contribution in [0, 0.1) is 23.7 Å². The lowest BCUT2D eigenvalue weighted by Crippen LogP contribution is -2.78. The fraction of sp³-hybridized carbons (Fsp3) is 0.500. The van der Waals surface area contributed by atoms with Gasteiger partial charge in [-0.1, -0.05) is 12.1 Å². The molecular formula is C22H24N2O9. The Labute approximate surface area is 187 Å². The zero-order valence-corrected chi connectivity index (χ0v) is 18.1. The van der Waals surface area contributed by atoms with Crippen molar-refractivity contribution in [1.29, 1.82) is 0 Å². The molecule has 4 unspecified atom stereocenters. The first kappa shape index (κ1) is 23.2. The number of aliphatic hydroxyl groups excluding tert-OH is 1. The van der Waals surface area contributed by atoms with E-state index in [0.717, 1.165) is 0 Å². The molecule has 8 atom stereocenters. The molecule has 11 nitrogen and oxygen atoms in total. The van der Waals surface area contributed by atoms with Gasteiger partial charge in [0.05, 0.1) is 35.1 Å². The van der Waals surface area contributed by atoms with Gasteiger partial charge in [-0.2, -0.15) is 0 Å². The summed E-state index contributed by atoms with van der Waals surface area (Å²) in [5.41, 5.74) is -0.350. The minimum atomic E-state index is -3.10. The third-order valence-corrected chi connectivity index (χ3v) is 7.40. The second kappa shape index (κ2) is 7.00. The predicted octanol–water partition coefficient (Wildman–Crippen LogP) is -2.50. The number of amides is 1. The Morgan fingerprint density at radius 1 is 1.06 bits per heavy atom. The molecule has 3 aliphatic rings. The molecule has 33 heavy (non-hydrogen) atoms. The largest absolute Gasteiger partial charge is 0.507 e. The van der Waals surface area contributed by atoms with E-state index in [0.29, 0.717) is 0 Å². The third kappa shape index (κ3) is 2.67. The Balaban J connectivity index is 2.01. The first-order valence-corrected chi connectivity index (χ1v) is 10.3. The van der Waals surface area contributed by atoms with Crippen LogP contribution in [0.2, 0.25) is 0 Å². The Morgan fingerprint density at radius 2 is 1.67 bits per heavy atom. The number of hydrogen-bond donors (Lipinski definition) is 5. The fourth-order valence-corrected chi connectivity index (χ4v) is 5.97. The number of fused-ring (bicyclic) bond motifs is 3. The summed E-state index contributed by atoms with van der Waals surface area (Å²) in [6, 6.07) is 2.40. The maximum absolute atomic E-state index is 13.7. The first-order valence-electron chi connectivity index (χ1n) is 10.3. The summed E-state index contributed by atoms with van der Waals surface area (Å²) < 4.78 is 0. The van der Waals surface area contributed by atoms with E-state index in [2.05, 4.69) is 0 Å². The van der Waals surface area contributed by atoms with Crippen LogP contribution < -0.4 is 5.73 Å². The summed E-state index contributed by atoms with van der Waals surface area (Å²) in [4.78, 5) is 66.4. The number of nitrogens with two attached hydrogens (primary N) is 1. The quantitative estimate of drug-likeness (QED) is 0.294. The summed E-state index contributed by atoms with van der Waals surface area (Å²) in [6.45, 7) is 1.24. The van der Waals surface area contributed by atoms with Crippen LogP contribution in [0.25, 0.3) is 0 Å². The summed E-state index contributed by atoms with van der Waals surface area (Å²) in [5.74, 6) is -14.2. The van der Waals surface area contributed by atoms with Crippen LogP contribution in [0.4, 0.5) is 0 Å². The number of rotatable bonds is 2. The van der Waals surface area contributed by atoms with Crippen molar-refractivity contribution in [2.24, 2.45) is 29.4 Å². The maximum Gasteiger partial charge on any atom is 0.235 e. The van der Waals surface area contributed by atoms with Crippen LogP contribution in [-0.4, -0.2) is 86.2 Å². The number of phenolic OH excluding ortho intramolecular Hbond substituents is 1. The molecule has 2 saturated carbocycles. The molecule has 11 heteroatoms. The normalized spacial score (nSPS) is 40.3. The van der Waals surface area contributed by atoms with E-state index in [1.165, 1.54) is 44.1 Å². The van der Waals surface area contributed by atoms with Gasteiger partial charge < -0.3 is 26.2 Å². The number of ketones is 4. The number of hydrogen-bond acceptors (Lipinski definition) is 10. The van der Waals surface area contributed by atoms with Crippen molar-refractivity contribution >= 4 is 29.0 Å². The molecule has 0 aliphatic heterocycles. The van der Waals surface area contributed by atoms with Gasteiger partial charge in [0.1, 0.15) is 5.75 Å². The highest BCUT2D eigenvalue weighted by atomic mass is 16.3. The molecule has 0 heterocycles. The van der Waals surface area contributed by atoms with Gasteiger partial charge in [-0.3, -0.25) is 28.9 Å². The van der Waals surface area contributed by atoms with Crippen molar-refractivity contribution in [3.63, 3.8) is 0 Å². The number of phenols is 1. The number of Topliss-reactive ketones (excluding diaryl/α,β-unsaturated/α-hetero) is 4. The summed E-state index contributed by atoms with van der Waals surface area (Å²) in [6.07, 6.45) is -1.90. The smallest absolute Gasteiger partial charge is 0.235 e. The monoisotopic (exact) mass is 460 g/mol. The van der Waals surface area contributed by atoms with E-state index >= 15 is 0 Å². The minimum Gasteiger partial charge on any atom is -0.507 e. The molecule has 1 aromatic rings. The fourth-order valence-electron chi connectivity index (χ4n) is 5.97. The van der Waals surface area contributed by atoms with Gasteiger partial charge in [0.2, 0.25) is 5.91 Å². The van der Waals surface area contributed by atoms with Crippen molar-refractivity contribution in [1.82, 2.24) is 4.90 Å². The van der Waals surface area contributed by atoms with Gasteiger partial charge in [-0.15, -0.1) is 0 Å². The van der Waals surface area contributed by atoms with Gasteiger partial charge in [0.25, 0.3) is 0 Å². The number of aromatic hydroxyl groups is 1. The zero-order chi connectivity index (χ0) is 24.8. The topological polar surface area (TPSA) is 196 Å². The molecule has 2 fully saturated rings. The van der Waals surface area contributed by atoms with Gasteiger partial charge >= 0.3 is 0 Å². The van der Waals surface area contributed by atoms with Crippen molar-refractivity contribution in [2.45, 2.75) is 30.3 Å². The van der Waals surface area contributed by atoms with Crippen molar-refractivity contribution in [3.05, 3.63) is 29.3 Å². The number of nitrogens with zero attached hydrogens (tertiary/aromatic N) is 1. The number of benzene rings is 1. The molecule has 0 saturated heterocycles. The van der Waals surface area contributed by atoms with Gasteiger partial charge in [-0.05, 0) is 32.6 Å². The van der Waals surface area contributed by atoms with Crippen LogP contribution in [0.1, 0.15) is 22.8 Å². The summed E-state index contributed by atoms with van der Waals surface area (Å²) in [5, 5.41) is 44.5. The Bertz CT molecular complexity index is 1130. The lowest BCUT2D eigenvalue weighted by Gasteiger charge is -2.57. The molecule has 1 amide bonds. The second-order valence-electron chi connectivity index (χ2n) is 9.37. The van der Waals surface area contributed by atoms with Crippen LogP contribution in [0.3, 0.4) is 0 Å². The van der Waals surface area contributed by atoms with E-state index in [4.69, 9.17) is 5.73 Å². The predicted molar refractivity (Wildman–Crippen MR) is 109 cm³/mol. The molecule has 176 valence electrons. The SMILES string of the molecule is CN(C)[C@@H]1C(=O)C(C(N)=O)C(=O)[C@@]2(O)C(=O)[C@H]3C(=O)c4c(O)cccc4[C@@](C)(O)C3C(O)C12. The first-order chi connectivity index (χ1) is 15.2. The lowest BCUT2D eigenvalue weighted by atomic mass is 9.48. The molecule has 0 bridgehead atoms. The van der Waals surface area contributed by atoms with E-state index in [1.54, 1.807) is 0 Å². The maximum atomic E-state index is 13.7. The molecule has 4 rings (SSSR count). The minimum absolute atomic E-state index is 0.0454. The molecule has 0 aromatic heterocycles. The van der Waals surface area contributed by atoms with Crippen LogP contribution in [0.5, 0.6) is 5.75 Å². The summed E-state index contributed by atoms with van der Waals surface area (Å²) in [7, 11) is 2.77. The molecule has 3 aliphatic carbocycles. The van der Waals surface area contributed by atoms with Gasteiger partial charge in [-0.25, -0.2) is 0 Å². The molecule has 0 spiro atoms. The van der Waals surface area contributed by atoms with Crippen LogP contribution >= 0.6 is 0 Å². The molecule has 1 aromatic carbocycles. The highest BCUT2D eigenvalue weighted by Crippen LogP contribution is 2.55. The molecular weight excluding hydrogens is 436 g/mol. The Morgan fingerprint density at radius 3 is 2.21 bits per heavy atom. The number of carbonyl (C=O) groups excluding carboxylic acids is 5. The van der Waals surface area contributed by atoms with Gasteiger partial charge in [0, 0.05) is 5.92 Å². The third-order valence-electron chi connectivity index (χ3n) is 7.40. The second-order valence-corrected chi connectivity index (χ2v) is 9.37. The lowest BCUT2D eigenvalue weighted by molar-refractivity contribution is -0.210. The van der Waals surface area contributed by atoms with Crippen LogP contribution in [-0.2, 0) is 24.8 Å². The van der Waals surface area contributed by atoms with Gasteiger partial charge in [0.15, 0.2) is 34.7 Å². The van der Waals surface area contributed by atoms with E-state index < -0.39 is 81.8 Å². The number of aliphatic hydroxyl groups is 3. The Kier molecular flexibility index (Phi) is 4.92. The average molecular weight is 460 g/mol. The van der Waals surface area contributed by atoms with E-state index in [9.17, 15) is 44.4 Å². The highest BCUT2D eigenvalue weighted by molar-refractivity contribution is 6.32. The summed E-state index contributed by atoms with van der Waals surface area (Å²) >= 11 is 0. The molecule has 0 radical (unpaired) electrons. The van der Waals surface area contributed by atoms with Crippen molar-refractivity contribution in [3.8, 4) is 5.75 Å². The van der Waals surface area contributed by atoms with E-state index in [-0.39, 0.29) is 11.1 Å². The number of primary amides is 1. The van der Waals surface area contributed by atoms with Crippen LogP contribution in [0.15, 0.2) is 18.2 Å². The number of carbonyl (C=O) groups is 5. The standard InChI is InChI=1S/C22H24N2O9/c1-21(32)7-5-4-6-8(25)9(7)15(26)10-12(21)17(28)13-14(24(2)3)16(27)11(20(23)31)19(30)22(13,33)18(10)29/h4-6,10-14,17,25,28,32-33H,1-3H3,(H2,23,31)/t10-,11?,12?,13?,14+,17?,21-,22+/m1/s1. The number of likely N-dealkylation sites (N-methyl/N-ethyl adjacent to an activating group) is 1. The zero-order valence-electron chi connectivity index (χ0n) is 18.1. The molecule has 6 N–H and O–H groups in total. The highest BCUT2D eigenvalue weighted by Gasteiger charge is 2.74. The average Bonchev–Trinajstić information content (AvgIpc) is 2.70. The Hall–Kier alpha value is -2.99. The van der Waals surface area contributed by atoms with Crippen molar-refractivity contribution in [2.75, 3.05) is 14.1 Å². The van der Waals surface area contributed by atoms with Crippen molar-refractivity contribution < 1.29 is 44.4 Å². The van der Waals surface area contributed by atoms with E-state index in [1.807, 2.05) is 0 Å².